The van der Waals surface area contributed by atoms with Gasteiger partial charge in [-0.05, 0) is 76.7 Å². The first-order valence-corrected chi connectivity index (χ1v) is 27.5. The molecule has 6 nitrogen and oxygen atoms in total. The number of carbonyl (C=O) groups excluding carboxylic acids is 2. The summed E-state index contributed by atoms with van der Waals surface area (Å²) in [6, 6.07) is -0.736. The predicted octanol–water partition coefficient (Wildman–Crippen LogP) is 16.8. The van der Waals surface area contributed by atoms with Crippen molar-refractivity contribution < 1.29 is 24.5 Å². The van der Waals surface area contributed by atoms with Crippen LogP contribution < -0.4 is 5.32 Å². The van der Waals surface area contributed by atoms with Crippen LogP contribution >= 0.6 is 0 Å². The van der Waals surface area contributed by atoms with Crippen LogP contribution in [0.3, 0.4) is 0 Å². The van der Waals surface area contributed by atoms with Gasteiger partial charge in [-0.15, -0.1) is 0 Å². The Morgan fingerprint density at radius 2 is 0.828 bits per heavy atom. The number of ether oxygens (including phenoxy) is 1. The molecule has 0 aromatic carbocycles. The van der Waals surface area contributed by atoms with E-state index in [1.807, 2.05) is 12.2 Å². The average Bonchev–Trinajstić information content (AvgIpc) is 3.29. The summed E-state index contributed by atoms with van der Waals surface area (Å²) in [5.41, 5.74) is 0. The van der Waals surface area contributed by atoms with Crippen molar-refractivity contribution in [3.63, 3.8) is 0 Å². The minimum Gasteiger partial charge on any atom is -0.458 e. The van der Waals surface area contributed by atoms with Gasteiger partial charge >= 0.3 is 5.97 Å². The second-order valence-corrected chi connectivity index (χ2v) is 18.6. The van der Waals surface area contributed by atoms with Gasteiger partial charge in [-0.1, -0.05) is 242 Å². The maximum absolute atomic E-state index is 13.2. The molecule has 3 unspecified atom stereocenters. The van der Waals surface area contributed by atoms with E-state index >= 15 is 0 Å². The monoisotopic (exact) mass is 896 g/mol. The van der Waals surface area contributed by atoms with E-state index in [2.05, 4.69) is 74.7 Å². The Bertz CT molecular complexity index is 1140. The lowest BCUT2D eigenvalue weighted by Crippen LogP contribution is -2.46. The van der Waals surface area contributed by atoms with E-state index in [1.54, 1.807) is 0 Å². The first-order valence-electron chi connectivity index (χ1n) is 27.5. The summed E-state index contributed by atoms with van der Waals surface area (Å²) < 4.78 is 5.83. The Hall–Kier alpha value is -2.44. The number of aliphatic hydroxyl groups excluding tert-OH is 2. The molecule has 0 saturated heterocycles. The fraction of sp³-hybridized carbons (Fsp3) is 0.793. The minimum absolute atomic E-state index is 0.0346. The lowest BCUT2D eigenvalue weighted by atomic mass is 10.0. The molecule has 0 radical (unpaired) electrons. The average molecular weight is 896 g/mol. The minimum atomic E-state index is -0.814. The zero-order chi connectivity index (χ0) is 46.7. The van der Waals surface area contributed by atoms with Crippen molar-refractivity contribution in [1.82, 2.24) is 5.32 Å². The Kier molecular flexibility index (Phi) is 49.6. The second kappa shape index (κ2) is 51.5. The van der Waals surface area contributed by atoms with E-state index in [9.17, 15) is 19.8 Å². The molecule has 0 saturated carbocycles. The van der Waals surface area contributed by atoms with Gasteiger partial charge in [-0.25, -0.2) is 0 Å². The van der Waals surface area contributed by atoms with E-state index in [4.69, 9.17) is 4.74 Å². The van der Waals surface area contributed by atoms with Gasteiger partial charge in [-0.3, -0.25) is 9.59 Å². The number of hydrogen-bond donors (Lipinski definition) is 3. The summed E-state index contributed by atoms with van der Waals surface area (Å²) in [7, 11) is 0. The van der Waals surface area contributed by atoms with Gasteiger partial charge in [0.1, 0.15) is 6.10 Å². The maximum atomic E-state index is 13.2. The van der Waals surface area contributed by atoms with Crippen LogP contribution in [0.15, 0.2) is 60.8 Å². The van der Waals surface area contributed by atoms with Crippen molar-refractivity contribution in [3.05, 3.63) is 60.8 Å². The summed E-state index contributed by atoms with van der Waals surface area (Å²) >= 11 is 0. The third-order valence-corrected chi connectivity index (χ3v) is 12.3. The van der Waals surface area contributed by atoms with Gasteiger partial charge in [0.05, 0.1) is 25.2 Å². The highest BCUT2D eigenvalue weighted by Crippen LogP contribution is 2.16. The molecule has 0 aromatic heterocycles. The van der Waals surface area contributed by atoms with Gasteiger partial charge in [0, 0.05) is 6.42 Å². The van der Waals surface area contributed by atoms with Crippen molar-refractivity contribution in [2.75, 3.05) is 6.61 Å². The van der Waals surface area contributed by atoms with Gasteiger partial charge in [0.25, 0.3) is 0 Å². The molecule has 0 spiro atoms. The molecule has 372 valence electrons. The largest absolute Gasteiger partial charge is 0.458 e. The number of carbonyl (C=O) groups is 2. The zero-order valence-corrected chi connectivity index (χ0v) is 42.4. The van der Waals surface area contributed by atoms with E-state index in [-0.39, 0.29) is 24.9 Å². The van der Waals surface area contributed by atoms with E-state index in [0.29, 0.717) is 19.3 Å². The van der Waals surface area contributed by atoms with Gasteiger partial charge < -0.3 is 20.3 Å². The van der Waals surface area contributed by atoms with Crippen LogP contribution in [0, 0.1) is 0 Å². The lowest BCUT2D eigenvalue weighted by molar-refractivity contribution is -0.148. The topological polar surface area (TPSA) is 95.9 Å². The van der Waals surface area contributed by atoms with Crippen molar-refractivity contribution in [3.8, 4) is 0 Å². The third-order valence-electron chi connectivity index (χ3n) is 12.3. The highest BCUT2D eigenvalue weighted by atomic mass is 16.5. The Balaban J connectivity index is 4.56. The van der Waals surface area contributed by atoms with Crippen LogP contribution in [0.5, 0.6) is 0 Å². The van der Waals surface area contributed by atoms with E-state index in [0.717, 1.165) is 64.2 Å². The van der Waals surface area contributed by atoms with Crippen molar-refractivity contribution >= 4 is 11.9 Å². The molecule has 0 aliphatic carbocycles. The van der Waals surface area contributed by atoms with Crippen molar-refractivity contribution in [1.29, 1.82) is 0 Å². The molecule has 0 aromatic rings. The van der Waals surface area contributed by atoms with Crippen LogP contribution in [0.4, 0.5) is 0 Å². The molecular formula is C58H105NO5. The number of esters is 1. The van der Waals surface area contributed by atoms with Gasteiger partial charge in [0.2, 0.25) is 5.91 Å². The molecule has 0 fully saturated rings. The molecule has 0 aliphatic heterocycles. The van der Waals surface area contributed by atoms with Gasteiger partial charge in [0.15, 0.2) is 0 Å². The maximum Gasteiger partial charge on any atom is 0.306 e. The Labute approximate surface area is 397 Å². The summed E-state index contributed by atoms with van der Waals surface area (Å²) in [4.78, 5) is 26.1. The number of hydrogen-bond acceptors (Lipinski definition) is 5. The molecule has 1 amide bonds. The zero-order valence-electron chi connectivity index (χ0n) is 42.4. The summed E-state index contributed by atoms with van der Waals surface area (Å²) in [6.07, 6.45) is 64.6. The highest BCUT2D eigenvalue weighted by Gasteiger charge is 2.23. The lowest BCUT2D eigenvalue weighted by Gasteiger charge is -2.23. The number of unbranched alkanes of at least 4 members (excludes halogenated alkanes) is 29. The standard InChI is InChI=1S/C58H105NO5/c1-4-7-10-13-16-19-22-24-26-27-28-29-31-33-36-39-42-45-48-51-58(63)64-54(49-46-43-40-37-34-21-18-15-12-9-6-3)52-57(62)59-55(53-60)56(61)50-47-44-41-38-35-32-30-25-23-20-17-14-11-8-5-2/h16,19,24,26,28-29,37,40,46,49,54-56,60-61H,4-15,17-18,20-23,25,27,30-36,38-39,41-45,47-48,50-53H2,1-3H3,(H,59,62)/b19-16-,26-24-,29-28-,40-37-,49-46+. The van der Waals surface area contributed by atoms with Crippen molar-refractivity contribution in [2.45, 2.75) is 289 Å². The summed E-state index contributed by atoms with van der Waals surface area (Å²) in [6.45, 7) is 6.43. The normalized spacial score (nSPS) is 13.6. The molecular weight excluding hydrogens is 791 g/mol. The molecule has 3 N–H and O–H groups in total. The summed E-state index contributed by atoms with van der Waals surface area (Å²) in [5.74, 6) is -0.613. The third kappa shape index (κ3) is 46.1. The predicted molar refractivity (Wildman–Crippen MR) is 278 cm³/mol. The van der Waals surface area contributed by atoms with Crippen LogP contribution in [0.2, 0.25) is 0 Å². The fourth-order valence-corrected chi connectivity index (χ4v) is 8.11. The number of aliphatic hydroxyl groups is 2. The number of allylic oxidation sites excluding steroid dienone is 9. The number of rotatable bonds is 49. The fourth-order valence-electron chi connectivity index (χ4n) is 8.11. The molecule has 6 heteroatoms. The quantitative estimate of drug-likeness (QED) is 0.0321. The van der Waals surface area contributed by atoms with Crippen LogP contribution in [0.25, 0.3) is 0 Å². The van der Waals surface area contributed by atoms with Crippen LogP contribution in [-0.2, 0) is 14.3 Å². The SMILES string of the molecule is CCCCC/C=C\C/C=C\C/C=C\CCCCCCCCC(=O)OC(/C=C/C/C=C\CCCCCCCC)CC(=O)NC(CO)C(O)CCCCCCCCCCCCCCCCC. The highest BCUT2D eigenvalue weighted by molar-refractivity contribution is 5.78. The molecule has 0 heterocycles. The van der Waals surface area contributed by atoms with E-state index in [1.165, 1.54) is 161 Å². The first kappa shape index (κ1) is 61.6. The molecule has 0 rings (SSSR count). The Morgan fingerprint density at radius 3 is 1.28 bits per heavy atom. The number of nitrogens with one attached hydrogen (secondary N) is 1. The van der Waals surface area contributed by atoms with Crippen molar-refractivity contribution in [2.24, 2.45) is 0 Å². The molecule has 64 heavy (non-hydrogen) atoms. The number of amides is 1. The summed E-state index contributed by atoms with van der Waals surface area (Å²) in [5, 5.41) is 23.8. The second-order valence-electron chi connectivity index (χ2n) is 18.6. The first-order chi connectivity index (χ1) is 31.5. The van der Waals surface area contributed by atoms with E-state index < -0.39 is 18.2 Å². The Morgan fingerprint density at radius 1 is 0.469 bits per heavy atom. The molecule has 3 atom stereocenters. The van der Waals surface area contributed by atoms with Crippen LogP contribution in [0.1, 0.15) is 271 Å². The van der Waals surface area contributed by atoms with Gasteiger partial charge in [-0.2, -0.15) is 0 Å². The molecule has 0 aliphatic rings. The molecule has 0 bridgehead atoms. The van der Waals surface area contributed by atoms with Crippen LogP contribution in [-0.4, -0.2) is 46.9 Å². The smallest absolute Gasteiger partial charge is 0.306 e.